The second-order valence-corrected chi connectivity index (χ2v) is 7.75. The Kier molecular flexibility index (Phi) is 5.28. The van der Waals surface area contributed by atoms with Crippen LogP contribution < -0.4 is 10.2 Å². The van der Waals surface area contributed by atoms with E-state index in [1.807, 2.05) is 11.0 Å². The molecule has 0 radical (unpaired) electrons. The predicted molar refractivity (Wildman–Crippen MR) is 108 cm³/mol. The van der Waals surface area contributed by atoms with Crippen LogP contribution in [0.25, 0.3) is 5.57 Å². The van der Waals surface area contributed by atoms with Crippen molar-refractivity contribution in [2.45, 2.75) is 39.7 Å². The maximum Gasteiger partial charge on any atom is 0.282 e. The number of hydrogen-bond donors (Lipinski definition) is 1. The van der Waals surface area contributed by atoms with Crippen molar-refractivity contribution >= 4 is 17.2 Å². The number of fused-ring (bicyclic) bond motifs is 1. The number of nitrogens with two attached hydrogens (primary N) is 1. The Bertz CT molecular complexity index is 821. The third-order valence-corrected chi connectivity index (χ3v) is 5.01. The molecule has 0 spiro atoms. The minimum Gasteiger partial charge on any atom is -0.338 e. The van der Waals surface area contributed by atoms with Crippen molar-refractivity contribution in [3.63, 3.8) is 0 Å². The van der Waals surface area contributed by atoms with Gasteiger partial charge < -0.3 is 5.32 Å². The van der Waals surface area contributed by atoms with Crippen LogP contribution in [0.2, 0.25) is 0 Å². The summed E-state index contributed by atoms with van der Waals surface area (Å²) in [4.78, 5) is 15.0. The number of aryl methyl sites for hydroxylation is 1. The van der Waals surface area contributed by atoms with Gasteiger partial charge in [-0.15, -0.1) is 0 Å². The molecule has 1 aliphatic heterocycles. The number of quaternary nitrogens is 1. The number of amides is 1. The van der Waals surface area contributed by atoms with Crippen LogP contribution in [0, 0.1) is 6.92 Å². The molecule has 2 aromatic carbocycles. The standard InChI is InChI=1S/C23H28N2O/c1-17-10-11-20-18(2)15-23(3,4)25(21(20)14-17)22(26)16-24-13-12-19-8-6-5-7-9-19/h5-11,14-15,24H,12-13,16H2,1-4H3/p+1. The van der Waals surface area contributed by atoms with Gasteiger partial charge in [-0.2, -0.15) is 0 Å². The first kappa shape index (κ1) is 18.4. The van der Waals surface area contributed by atoms with E-state index in [1.54, 1.807) is 0 Å². The molecule has 1 aliphatic rings. The van der Waals surface area contributed by atoms with Crippen LogP contribution in [0.5, 0.6) is 0 Å². The molecule has 0 aromatic heterocycles. The molecule has 3 heteroatoms. The van der Waals surface area contributed by atoms with E-state index >= 15 is 0 Å². The van der Waals surface area contributed by atoms with Gasteiger partial charge >= 0.3 is 0 Å². The third kappa shape index (κ3) is 3.88. The number of allylic oxidation sites excluding steroid dienone is 1. The molecule has 0 saturated carbocycles. The normalized spacial score (nSPS) is 15.4. The Morgan fingerprint density at radius 3 is 2.54 bits per heavy atom. The molecule has 1 amide bonds. The Hall–Kier alpha value is -2.39. The lowest BCUT2D eigenvalue weighted by Gasteiger charge is -2.41. The fourth-order valence-electron chi connectivity index (χ4n) is 3.83. The number of nitrogens with zero attached hydrogens (tertiary/aromatic N) is 1. The van der Waals surface area contributed by atoms with Crippen molar-refractivity contribution in [3.8, 4) is 0 Å². The zero-order chi connectivity index (χ0) is 18.7. The van der Waals surface area contributed by atoms with E-state index in [2.05, 4.69) is 81.6 Å². The van der Waals surface area contributed by atoms with Crippen molar-refractivity contribution in [1.29, 1.82) is 0 Å². The molecular formula is C23H29N2O+. The van der Waals surface area contributed by atoms with Gasteiger partial charge in [0.1, 0.15) is 0 Å². The fourth-order valence-corrected chi connectivity index (χ4v) is 3.83. The van der Waals surface area contributed by atoms with Crippen LogP contribution in [-0.2, 0) is 11.2 Å². The van der Waals surface area contributed by atoms with E-state index in [0.717, 1.165) is 24.2 Å². The van der Waals surface area contributed by atoms with Gasteiger partial charge in [0.25, 0.3) is 5.91 Å². The van der Waals surface area contributed by atoms with Crippen LogP contribution in [0.1, 0.15) is 37.5 Å². The van der Waals surface area contributed by atoms with Crippen molar-refractivity contribution in [1.82, 2.24) is 0 Å². The number of rotatable bonds is 5. The predicted octanol–water partition coefficient (Wildman–Crippen LogP) is 3.33. The molecule has 0 fully saturated rings. The van der Waals surface area contributed by atoms with Gasteiger partial charge in [-0.3, -0.25) is 9.69 Å². The molecule has 1 heterocycles. The second-order valence-electron chi connectivity index (χ2n) is 7.75. The minimum absolute atomic E-state index is 0.165. The summed E-state index contributed by atoms with van der Waals surface area (Å²) in [6, 6.07) is 16.8. The van der Waals surface area contributed by atoms with E-state index in [0.29, 0.717) is 6.54 Å². The molecular weight excluding hydrogens is 320 g/mol. The summed E-state index contributed by atoms with van der Waals surface area (Å²) in [5, 5.41) is 2.12. The number of anilines is 1. The van der Waals surface area contributed by atoms with E-state index in [1.165, 1.54) is 16.7 Å². The first-order chi connectivity index (χ1) is 12.4. The lowest BCUT2D eigenvalue weighted by atomic mass is 9.88. The average Bonchev–Trinajstić information content (AvgIpc) is 2.58. The van der Waals surface area contributed by atoms with Crippen molar-refractivity contribution < 1.29 is 10.1 Å². The molecule has 26 heavy (non-hydrogen) atoms. The van der Waals surface area contributed by atoms with Crippen LogP contribution in [0.4, 0.5) is 5.69 Å². The summed E-state index contributed by atoms with van der Waals surface area (Å²) < 4.78 is 0. The van der Waals surface area contributed by atoms with Crippen LogP contribution in [0.15, 0.2) is 54.6 Å². The van der Waals surface area contributed by atoms with Crippen molar-refractivity contribution in [3.05, 3.63) is 71.3 Å². The van der Waals surface area contributed by atoms with E-state index < -0.39 is 0 Å². The Balaban J connectivity index is 1.71. The number of carbonyl (C=O) groups excluding carboxylic acids is 1. The van der Waals surface area contributed by atoms with Gasteiger partial charge in [0.05, 0.1) is 17.8 Å². The first-order valence-corrected chi connectivity index (χ1v) is 9.37. The van der Waals surface area contributed by atoms with Crippen LogP contribution in [-0.4, -0.2) is 24.5 Å². The number of benzene rings is 2. The average molecular weight is 349 g/mol. The first-order valence-electron chi connectivity index (χ1n) is 9.37. The van der Waals surface area contributed by atoms with Gasteiger partial charge in [0, 0.05) is 12.0 Å². The highest BCUT2D eigenvalue weighted by atomic mass is 16.2. The van der Waals surface area contributed by atoms with Gasteiger partial charge in [0.15, 0.2) is 6.54 Å². The molecule has 2 aromatic rings. The van der Waals surface area contributed by atoms with Crippen LogP contribution in [0.3, 0.4) is 0 Å². The zero-order valence-corrected chi connectivity index (χ0v) is 16.3. The molecule has 0 atom stereocenters. The highest BCUT2D eigenvalue weighted by Crippen LogP contribution is 2.39. The second kappa shape index (κ2) is 7.46. The summed E-state index contributed by atoms with van der Waals surface area (Å²) in [7, 11) is 0. The summed E-state index contributed by atoms with van der Waals surface area (Å²) in [6.07, 6.45) is 3.18. The highest BCUT2D eigenvalue weighted by molar-refractivity contribution is 6.00. The topological polar surface area (TPSA) is 36.9 Å². The molecule has 3 nitrogen and oxygen atoms in total. The summed E-state index contributed by atoms with van der Waals surface area (Å²) in [5.41, 5.74) is 5.62. The lowest BCUT2D eigenvalue weighted by Crippen LogP contribution is -2.87. The van der Waals surface area contributed by atoms with Gasteiger partial charge in [-0.05, 0) is 50.5 Å². The van der Waals surface area contributed by atoms with Gasteiger partial charge in [0.2, 0.25) is 0 Å². The quantitative estimate of drug-likeness (QED) is 0.826. The largest absolute Gasteiger partial charge is 0.338 e. The molecule has 0 unspecified atom stereocenters. The fraction of sp³-hybridized carbons (Fsp3) is 0.348. The Morgan fingerprint density at radius 1 is 1.08 bits per heavy atom. The molecule has 136 valence electrons. The Labute approximate surface area is 156 Å². The Morgan fingerprint density at radius 2 is 1.81 bits per heavy atom. The molecule has 0 aliphatic carbocycles. The van der Waals surface area contributed by atoms with Gasteiger partial charge in [-0.25, -0.2) is 0 Å². The van der Waals surface area contributed by atoms with Crippen molar-refractivity contribution in [2.24, 2.45) is 0 Å². The number of hydrogen-bond acceptors (Lipinski definition) is 1. The molecule has 0 bridgehead atoms. The highest BCUT2D eigenvalue weighted by Gasteiger charge is 2.36. The minimum atomic E-state index is -0.310. The maximum absolute atomic E-state index is 13.1. The van der Waals surface area contributed by atoms with E-state index in [9.17, 15) is 4.79 Å². The monoisotopic (exact) mass is 349 g/mol. The van der Waals surface area contributed by atoms with Crippen LogP contribution >= 0.6 is 0 Å². The van der Waals surface area contributed by atoms with Crippen molar-refractivity contribution in [2.75, 3.05) is 18.0 Å². The zero-order valence-electron chi connectivity index (χ0n) is 16.3. The lowest BCUT2D eigenvalue weighted by molar-refractivity contribution is -0.643. The molecule has 3 rings (SSSR count). The summed E-state index contributed by atoms with van der Waals surface area (Å²) >= 11 is 0. The van der Waals surface area contributed by atoms with E-state index in [4.69, 9.17) is 0 Å². The van der Waals surface area contributed by atoms with E-state index in [-0.39, 0.29) is 11.4 Å². The smallest absolute Gasteiger partial charge is 0.282 e. The summed E-state index contributed by atoms with van der Waals surface area (Å²) in [6.45, 7) is 9.82. The molecule has 2 N–H and O–H groups in total. The molecule has 0 saturated heterocycles. The SMILES string of the molecule is CC1=CC(C)(C)N(C(=O)C[NH2+]CCc2ccccc2)c2cc(C)ccc21. The maximum atomic E-state index is 13.1. The number of carbonyl (C=O) groups is 1. The van der Waals surface area contributed by atoms with Gasteiger partial charge in [-0.1, -0.05) is 48.5 Å². The third-order valence-electron chi connectivity index (χ3n) is 5.01. The summed E-state index contributed by atoms with van der Waals surface area (Å²) in [5.74, 6) is 0.165.